The Morgan fingerprint density at radius 1 is 1.88 bits per heavy atom. The van der Waals surface area contributed by atoms with Gasteiger partial charge in [0.1, 0.15) is 0 Å². The fourth-order valence-corrected chi connectivity index (χ4v) is 0.889. The largest absolute Gasteiger partial charge is 0.282 e. The van der Waals surface area contributed by atoms with Crippen LogP contribution in [0.15, 0.2) is 12.7 Å². The smallest absolute Gasteiger partial charge is 0.211 e. The minimum absolute atomic E-state index is 0.0269. The highest BCUT2D eigenvalue weighted by Gasteiger charge is 1.91. The van der Waals surface area contributed by atoms with E-state index in [9.17, 15) is 4.79 Å². The second kappa shape index (κ2) is 5.25. The monoisotopic (exact) mass is 148 g/mol. The van der Waals surface area contributed by atoms with Crippen molar-refractivity contribution in [1.29, 1.82) is 0 Å². The topological polar surface area (TPSA) is 17.1 Å². The van der Waals surface area contributed by atoms with Crippen LogP contribution in [0.25, 0.3) is 0 Å². The third-order valence-corrected chi connectivity index (χ3v) is 1.89. The molecule has 0 aromatic heterocycles. The summed E-state index contributed by atoms with van der Waals surface area (Å²) in [5, 5.41) is 0.0269. The Balaban J connectivity index is 3.11. The first kappa shape index (κ1) is 8.11. The molecular formula is C5H8OS2. The second-order valence-electron chi connectivity index (χ2n) is 1.10. The molecule has 0 saturated carbocycles. The maximum atomic E-state index is 10.4. The molecule has 0 radical (unpaired) electrons. The van der Waals surface area contributed by atoms with Gasteiger partial charge in [-0.2, -0.15) is 12.6 Å². The molecule has 0 aliphatic rings. The molecule has 0 aromatic carbocycles. The lowest BCUT2D eigenvalue weighted by Crippen LogP contribution is -1.86. The molecule has 3 heteroatoms. The van der Waals surface area contributed by atoms with E-state index < -0.39 is 0 Å². The van der Waals surface area contributed by atoms with Gasteiger partial charge in [0.2, 0.25) is 5.12 Å². The third kappa shape index (κ3) is 4.27. The van der Waals surface area contributed by atoms with E-state index in [1.165, 1.54) is 17.8 Å². The summed E-state index contributed by atoms with van der Waals surface area (Å²) < 4.78 is 0. The van der Waals surface area contributed by atoms with Crippen molar-refractivity contribution in [3.63, 3.8) is 0 Å². The van der Waals surface area contributed by atoms with Crippen LogP contribution in [0, 0.1) is 0 Å². The van der Waals surface area contributed by atoms with Gasteiger partial charge in [-0.05, 0) is 11.8 Å². The summed E-state index contributed by atoms with van der Waals surface area (Å²) in [4.78, 5) is 10.4. The summed E-state index contributed by atoms with van der Waals surface area (Å²) in [7, 11) is 0. The van der Waals surface area contributed by atoms with Gasteiger partial charge in [0.15, 0.2) is 0 Å². The molecule has 0 unspecified atom stereocenters. The van der Waals surface area contributed by atoms with Gasteiger partial charge < -0.3 is 0 Å². The standard InChI is InChI=1S/C5H8OS2/c1-2-5(6)8-4-3-7/h2,7H,1,3-4H2. The third-order valence-electron chi connectivity index (χ3n) is 0.502. The summed E-state index contributed by atoms with van der Waals surface area (Å²) in [6.07, 6.45) is 1.31. The molecule has 0 aliphatic heterocycles. The van der Waals surface area contributed by atoms with Crippen LogP contribution in [0.1, 0.15) is 0 Å². The highest BCUT2D eigenvalue weighted by Crippen LogP contribution is 2.01. The van der Waals surface area contributed by atoms with E-state index in [2.05, 4.69) is 19.2 Å². The van der Waals surface area contributed by atoms with Crippen LogP contribution in [0.4, 0.5) is 0 Å². The zero-order valence-electron chi connectivity index (χ0n) is 4.46. The predicted octanol–water partition coefficient (Wildman–Crippen LogP) is 1.36. The van der Waals surface area contributed by atoms with Gasteiger partial charge in [-0.15, -0.1) is 0 Å². The number of thioether (sulfide) groups is 1. The fourth-order valence-electron chi connectivity index (χ4n) is 0.205. The molecule has 0 amide bonds. The molecule has 0 bridgehead atoms. The molecule has 0 atom stereocenters. The molecular weight excluding hydrogens is 140 g/mol. The van der Waals surface area contributed by atoms with Crippen LogP contribution in [0.3, 0.4) is 0 Å². The molecule has 0 aromatic rings. The van der Waals surface area contributed by atoms with Gasteiger partial charge in [-0.25, -0.2) is 0 Å². The molecule has 0 aliphatic carbocycles. The van der Waals surface area contributed by atoms with Gasteiger partial charge in [0.25, 0.3) is 0 Å². The lowest BCUT2D eigenvalue weighted by atomic mass is 10.7. The number of thiol groups is 1. The number of carbonyl (C=O) groups is 1. The minimum atomic E-state index is 0.0269. The lowest BCUT2D eigenvalue weighted by Gasteiger charge is -1.87. The molecule has 0 spiro atoms. The Morgan fingerprint density at radius 3 is 2.88 bits per heavy atom. The quantitative estimate of drug-likeness (QED) is 0.481. The average Bonchev–Trinajstić information content (AvgIpc) is 1.83. The Kier molecular flexibility index (Phi) is 5.32. The van der Waals surface area contributed by atoms with E-state index in [-0.39, 0.29) is 5.12 Å². The first-order chi connectivity index (χ1) is 3.81. The zero-order valence-corrected chi connectivity index (χ0v) is 6.17. The zero-order chi connectivity index (χ0) is 6.41. The van der Waals surface area contributed by atoms with E-state index >= 15 is 0 Å². The van der Waals surface area contributed by atoms with Crippen LogP contribution in [-0.4, -0.2) is 16.6 Å². The summed E-state index contributed by atoms with van der Waals surface area (Å²) in [5.41, 5.74) is 0. The molecule has 0 rings (SSSR count). The number of hydrogen-bond acceptors (Lipinski definition) is 3. The summed E-state index contributed by atoms with van der Waals surface area (Å²) in [6.45, 7) is 3.32. The average molecular weight is 148 g/mol. The fraction of sp³-hybridized carbons (Fsp3) is 0.400. The Bertz CT molecular complexity index is 90.4. The summed E-state index contributed by atoms with van der Waals surface area (Å²) >= 11 is 5.17. The summed E-state index contributed by atoms with van der Waals surface area (Å²) in [6, 6.07) is 0. The molecule has 0 fully saturated rings. The Morgan fingerprint density at radius 2 is 2.50 bits per heavy atom. The second-order valence-corrected chi connectivity index (χ2v) is 2.64. The molecule has 1 nitrogen and oxygen atoms in total. The maximum Gasteiger partial charge on any atom is 0.211 e. The van der Waals surface area contributed by atoms with Gasteiger partial charge in [0.05, 0.1) is 0 Å². The Labute approximate surface area is 58.9 Å². The number of carbonyl (C=O) groups excluding carboxylic acids is 1. The molecule has 8 heavy (non-hydrogen) atoms. The highest BCUT2D eigenvalue weighted by molar-refractivity contribution is 8.14. The van der Waals surface area contributed by atoms with E-state index in [0.29, 0.717) is 0 Å². The number of hydrogen-bond donors (Lipinski definition) is 1. The van der Waals surface area contributed by atoms with Gasteiger partial charge in [-0.3, -0.25) is 4.79 Å². The van der Waals surface area contributed by atoms with Crippen molar-refractivity contribution in [3.05, 3.63) is 12.7 Å². The predicted molar refractivity (Wildman–Crippen MR) is 41.5 cm³/mol. The molecule has 0 heterocycles. The van der Waals surface area contributed by atoms with Gasteiger partial charge in [-0.1, -0.05) is 18.3 Å². The SMILES string of the molecule is C=CC(=O)SCCS. The number of rotatable bonds is 3. The highest BCUT2D eigenvalue weighted by atomic mass is 32.2. The van der Waals surface area contributed by atoms with Crippen LogP contribution in [0.2, 0.25) is 0 Å². The Hall–Kier alpha value is 0.110. The van der Waals surface area contributed by atoms with Crippen molar-refractivity contribution in [1.82, 2.24) is 0 Å². The van der Waals surface area contributed by atoms with Crippen molar-refractivity contribution in [2.75, 3.05) is 11.5 Å². The van der Waals surface area contributed by atoms with Crippen LogP contribution in [-0.2, 0) is 4.79 Å². The molecule has 46 valence electrons. The van der Waals surface area contributed by atoms with Gasteiger partial charge >= 0.3 is 0 Å². The van der Waals surface area contributed by atoms with E-state index in [4.69, 9.17) is 0 Å². The molecule has 0 saturated heterocycles. The van der Waals surface area contributed by atoms with Gasteiger partial charge in [0, 0.05) is 5.75 Å². The van der Waals surface area contributed by atoms with Crippen molar-refractivity contribution < 1.29 is 4.79 Å². The van der Waals surface area contributed by atoms with Crippen molar-refractivity contribution in [2.24, 2.45) is 0 Å². The van der Waals surface area contributed by atoms with Crippen LogP contribution >= 0.6 is 24.4 Å². The molecule has 0 N–H and O–H groups in total. The van der Waals surface area contributed by atoms with E-state index in [1.807, 2.05) is 0 Å². The van der Waals surface area contributed by atoms with Crippen LogP contribution in [0.5, 0.6) is 0 Å². The van der Waals surface area contributed by atoms with Crippen molar-refractivity contribution >= 4 is 29.5 Å². The summed E-state index contributed by atoms with van der Waals surface area (Å²) in [5.74, 6) is 1.51. The van der Waals surface area contributed by atoms with Crippen molar-refractivity contribution in [2.45, 2.75) is 0 Å². The first-order valence-corrected chi connectivity index (χ1v) is 3.83. The normalized spacial score (nSPS) is 8.62. The lowest BCUT2D eigenvalue weighted by molar-refractivity contribution is -0.107. The minimum Gasteiger partial charge on any atom is -0.282 e. The van der Waals surface area contributed by atoms with Crippen molar-refractivity contribution in [3.8, 4) is 0 Å². The first-order valence-electron chi connectivity index (χ1n) is 2.21. The van der Waals surface area contributed by atoms with Crippen LogP contribution < -0.4 is 0 Å². The van der Waals surface area contributed by atoms with E-state index in [1.54, 1.807) is 0 Å². The van der Waals surface area contributed by atoms with E-state index in [0.717, 1.165) is 11.5 Å². The maximum absolute atomic E-state index is 10.4.